The van der Waals surface area contributed by atoms with Crippen LogP contribution in [-0.4, -0.2) is 41.5 Å². The summed E-state index contributed by atoms with van der Waals surface area (Å²) < 4.78 is 0. The Labute approximate surface area is 117 Å². The van der Waals surface area contributed by atoms with Crippen molar-refractivity contribution < 1.29 is 14.7 Å². The molecule has 1 amide bonds. The van der Waals surface area contributed by atoms with E-state index >= 15 is 0 Å². The Morgan fingerprint density at radius 3 is 2.90 bits per heavy atom. The molecule has 0 aromatic heterocycles. The van der Waals surface area contributed by atoms with E-state index in [1.807, 2.05) is 18.2 Å². The third-order valence-electron chi connectivity index (χ3n) is 4.03. The van der Waals surface area contributed by atoms with Gasteiger partial charge in [0.05, 0.1) is 6.42 Å². The van der Waals surface area contributed by atoms with E-state index in [2.05, 4.69) is 5.32 Å². The highest BCUT2D eigenvalue weighted by Crippen LogP contribution is 2.28. The van der Waals surface area contributed by atoms with E-state index in [0.29, 0.717) is 13.1 Å². The molecule has 0 aliphatic carbocycles. The smallest absolute Gasteiger partial charge is 0.303 e. The van der Waals surface area contributed by atoms with Crippen molar-refractivity contribution in [2.45, 2.75) is 19.3 Å². The number of carboxylic acids is 1. The zero-order chi connectivity index (χ0) is 14.1. The van der Waals surface area contributed by atoms with Gasteiger partial charge < -0.3 is 15.3 Å². The van der Waals surface area contributed by atoms with Crippen LogP contribution in [0.1, 0.15) is 28.8 Å². The summed E-state index contributed by atoms with van der Waals surface area (Å²) >= 11 is 0. The summed E-state index contributed by atoms with van der Waals surface area (Å²) in [6.45, 7) is 2.07. The van der Waals surface area contributed by atoms with Gasteiger partial charge >= 0.3 is 5.97 Å². The number of hydrogen-bond donors (Lipinski definition) is 2. The topological polar surface area (TPSA) is 69.6 Å². The molecule has 5 heteroatoms. The van der Waals surface area contributed by atoms with Crippen LogP contribution in [0.25, 0.3) is 0 Å². The van der Waals surface area contributed by atoms with Gasteiger partial charge in [0.15, 0.2) is 0 Å². The highest BCUT2D eigenvalue weighted by molar-refractivity contribution is 5.97. The summed E-state index contributed by atoms with van der Waals surface area (Å²) in [5.74, 6) is -0.648. The summed E-state index contributed by atoms with van der Waals surface area (Å²) in [5.41, 5.74) is 2.93. The summed E-state index contributed by atoms with van der Waals surface area (Å²) in [6.07, 6.45) is 2.12. The molecule has 20 heavy (non-hydrogen) atoms. The van der Waals surface area contributed by atoms with E-state index in [1.54, 1.807) is 4.90 Å². The standard InChI is InChI=1S/C15H18N2O3/c18-14(19)7-10-8-17(9-10)15(20)12-3-1-5-13-11(12)4-2-6-16-13/h1,3,5,10,16H,2,4,6-9H2,(H,18,19). The Kier molecular flexibility index (Phi) is 3.34. The number of amides is 1. The molecule has 1 aromatic carbocycles. The number of rotatable bonds is 3. The molecule has 1 saturated heterocycles. The molecule has 0 spiro atoms. The number of fused-ring (bicyclic) bond motifs is 1. The zero-order valence-electron chi connectivity index (χ0n) is 11.3. The number of carboxylic acid groups (broad SMARTS) is 1. The van der Waals surface area contributed by atoms with Crippen LogP contribution >= 0.6 is 0 Å². The van der Waals surface area contributed by atoms with Crippen molar-refractivity contribution in [3.05, 3.63) is 29.3 Å². The van der Waals surface area contributed by atoms with E-state index in [9.17, 15) is 9.59 Å². The second-order valence-corrected chi connectivity index (χ2v) is 5.54. The van der Waals surface area contributed by atoms with Crippen molar-refractivity contribution in [1.29, 1.82) is 0 Å². The van der Waals surface area contributed by atoms with E-state index in [-0.39, 0.29) is 18.2 Å². The highest BCUT2D eigenvalue weighted by Gasteiger charge is 2.33. The average Bonchev–Trinajstić information content (AvgIpc) is 2.41. The van der Waals surface area contributed by atoms with E-state index in [4.69, 9.17) is 5.11 Å². The van der Waals surface area contributed by atoms with Crippen LogP contribution < -0.4 is 5.32 Å². The normalized spacial score (nSPS) is 17.9. The molecule has 2 aliphatic heterocycles. The maximum absolute atomic E-state index is 12.5. The lowest BCUT2D eigenvalue weighted by atomic mass is 9.92. The van der Waals surface area contributed by atoms with Gasteiger partial charge in [-0.15, -0.1) is 0 Å². The SMILES string of the molecule is O=C(O)CC1CN(C(=O)c2cccc3c2CCCN3)C1. The monoisotopic (exact) mass is 274 g/mol. The van der Waals surface area contributed by atoms with Gasteiger partial charge in [-0.05, 0) is 30.5 Å². The fourth-order valence-corrected chi connectivity index (χ4v) is 2.99. The van der Waals surface area contributed by atoms with Crippen molar-refractivity contribution in [3.63, 3.8) is 0 Å². The van der Waals surface area contributed by atoms with Crippen LogP contribution in [0.15, 0.2) is 18.2 Å². The number of likely N-dealkylation sites (tertiary alicyclic amines) is 1. The van der Waals surface area contributed by atoms with Gasteiger partial charge in [-0.3, -0.25) is 9.59 Å². The number of anilines is 1. The average molecular weight is 274 g/mol. The number of nitrogens with zero attached hydrogens (tertiary/aromatic N) is 1. The molecule has 0 radical (unpaired) electrons. The number of benzene rings is 1. The Morgan fingerprint density at radius 1 is 1.35 bits per heavy atom. The van der Waals surface area contributed by atoms with E-state index in [0.717, 1.165) is 36.2 Å². The first-order chi connectivity index (χ1) is 9.65. The van der Waals surface area contributed by atoms with Gasteiger partial charge in [-0.25, -0.2) is 0 Å². The molecule has 0 unspecified atom stereocenters. The van der Waals surface area contributed by atoms with Crippen molar-refractivity contribution >= 4 is 17.6 Å². The van der Waals surface area contributed by atoms with Crippen LogP contribution in [0, 0.1) is 5.92 Å². The predicted octanol–water partition coefficient (Wildman–Crippen LogP) is 1.59. The van der Waals surface area contributed by atoms with E-state index < -0.39 is 5.97 Å². The number of carbonyl (C=O) groups excluding carboxylic acids is 1. The third-order valence-corrected chi connectivity index (χ3v) is 4.03. The highest BCUT2D eigenvalue weighted by atomic mass is 16.4. The van der Waals surface area contributed by atoms with E-state index in [1.165, 1.54) is 0 Å². The molecular weight excluding hydrogens is 256 g/mol. The maximum Gasteiger partial charge on any atom is 0.303 e. The molecule has 2 N–H and O–H groups in total. The lowest BCUT2D eigenvalue weighted by molar-refractivity contribution is -0.139. The second-order valence-electron chi connectivity index (χ2n) is 5.54. The third kappa shape index (κ3) is 2.35. The minimum atomic E-state index is -0.789. The summed E-state index contributed by atoms with van der Waals surface area (Å²) in [7, 11) is 0. The van der Waals surface area contributed by atoms with Gasteiger partial charge in [-0.1, -0.05) is 6.07 Å². The molecule has 2 aliphatic rings. The number of hydrogen-bond acceptors (Lipinski definition) is 3. The summed E-state index contributed by atoms with van der Waals surface area (Å²) in [6, 6.07) is 5.78. The van der Waals surface area contributed by atoms with Crippen LogP contribution in [0.2, 0.25) is 0 Å². The molecule has 0 atom stereocenters. The maximum atomic E-state index is 12.5. The van der Waals surface area contributed by atoms with Gasteiger partial charge in [0, 0.05) is 36.8 Å². The molecule has 1 fully saturated rings. The molecular formula is C15H18N2O3. The van der Waals surface area contributed by atoms with Crippen molar-refractivity contribution in [2.75, 3.05) is 25.0 Å². The van der Waals surface area contributed by atoms with Crippen molar-refractivity contribution in [3.8, 4) is 0 Å². The van der Waals surface area contributed by atoms with Crippen LogP contribution in [0.4, 0.5) is 5.69 Å². The molecule has 106 valence electrons. The van der Waals surface area contributed by atoms with Crippen LogP contribution in [0.5, 0.6) is 0 Å². The van der Waals surface area contributed by atoms with Gasteiger partial charge in [0.25, 0.3) is 5.91 Å². The molecule has 5 nitrogen and oxygen atoms in total. The fraction of sp³-hybridized carbons (Fsp3) is 0.467. The quantitative estimate of drug-likeness (QED) is 0.878. The second kappa shape index (κ2) is 5.15. The predicted molar refractivity (Wildman–Crippen MR) is 74.9 cm³/mol. The number of nitrogens with one attached hydrogen (secondary N) is 1. The largest absolute Gasteiger partial charge is 0.481 e. The number of carbonyl (C=O) groups is 2. The van der Waals surface area contributed by atoms with Crippen LogP contribution in [-0.2, 0) is 11.2 Å². The lowest BCUT2D eigenvalue weighted by Crippen LogP contribution is -2.50. The van der Waals surface area contributed by atoms with Gasteiger partial charge in [0.2, 0.25) is 0 Å². The molecule has 2 heterocycles. The Hall–Kier alpha value is -2.04. The first-order valence-corrected chi connectivity index (χ1v) is 7.02. The fourth-order valence-electron chi connectivity index (χ4n) is 2.99. The van der Waals surface area contributed by atoms with Gasteiger partial charge in [0.1, 0.15) is 0 Å². The Balaban J connectivity index is 1.71. The van der Waals surface area contributed by atoms with Crippen LogP contribution in [0.3, 0.4) is 0 Å². The first-order valence-electron chi connectivity index (χ1n) is 7.02. The minimum Gasteiger partial charge on any atom is -0.481 e. The Bertz CT molecular complexity index is 550. The zero-order valence-corrected chi connectivity index (χ0v) is 11.3. The molecule has 0 saturated carbocycles. The Morgan fingerprint density at radius 2 is 2.15 bits per heavy atom. The molecule has 3 rings (SSSR count). The van der Waals surface area contributed by atoms with Gasteiger partial charge in [-0.2, -0.15) is 0 Å². The van der Waals surface area contributed by atoms with Crippen molar-refractivity contribution in [1.82, 2.24) is 4.90 Å². The molecule has 0 bridgehead atoms. The molecule has 1 aromatic rings. The lowest BCUT2D eigenvalue weighted by Gasteiger charge is -2.39. The summed E-state index contributed by atoms with van der Waals surface area (Å²) in [5, 5.41) is 12.1. The number of aliphatic carboxylic acids is 1. The first kappa shape index (κ1) is 13.0. The van der Waals surface area contributed by atoms with Crippen molar-refractivity contribution in [2.24, 2.45) is 5.92 Å². The minimum absolute atomic E-state index is 0.0344. The summed E-state index contributed by atoms with van der Waals surface area (Å²) in [4.78, 5) is 24.9.